The second-order valence-corrected chi connectivity index (χ2v) is 6.14. The van der Waals surface area contributed by atoms with Crippen LogP contribution in [0.25, 0.3) is 0 Å². The number of benzene rings is 1. The third-order valence-corrected chi connectivity index (χ3v) is 4.29. The lowest BCUT2D eigenvalue weighted by Crippen LogP contribution is -2.32. The van der Waals surface area contributed by atoms with Crippen LogP contribution in [0, 0.1) is 0 Å². The van der Waals surface area contributed by atoms with E-state index in [1.807, 2.05) is 24.3 Å². The van der Waals surface area contributed by atoms with Crippen LogP contribution in [0.15, 0.2) is 24.3 Å². The SMILES string of the molecule is CN(CCC(O)c1ccc(Cl)cc1)CCN1CCCC1. The monoisotopic (exact) mass is 296 g/mol. The summed E-state index contributed by atoms with van der Waals surface area (Å²) >= 11 is 5.85. The molecule has 0 aliphatic carbocycles. The van der Waals surface area contributed by atoms with Gasteiger partial charge in [-0.05, 0) is 57.1 Å². The lowest BCUT2D eigenvalue weighted by Gasteiger charge is -2.22. The van der Waals surface area contributed by atoms with E-state index in [1.165, 1.54) is 25.9 Å². The van der Waals surface area contributed by atoms with E-state index in [1.54, 1.807) is 0 Å². The minimum absolute atomic E-state index is 0.401. The number of likely N-dealkylation sites (tertiary alicyclic amines) is 1. The summed E-state index contributed by atoms with van der Waals surface area (Å²) in [7, 11) is 2.13. The maximum atomic E-state index is 10.2. The fraction of sp³-hybridized carbons (Fsp3) is 0.625. The van der Waals surface area contributed by atoms with E-state index in [4.69, 9.17) is 11.6 Å². The summed E-state index contributed by atoms with van der Waals surface area (Å²) in [5.41, 5.74) is 0.947. The van der Waals surface area contributed by atoms with Crippen LogP contribution in [-0.4, -0.2) is 54.7 Å². The van der Waals surface area contributed by atoms with Crippen molar-refractivity contribution in [2.75, 3.05) is 39.8 Å². The highest BCUT2D eigenvalue weighted by molar-refractivity contribution is 6.30. The quantitative estimate of drug-likeness (QED) is 0.838. The van der Waals surface area contributed by atoms with Gasteiger partial charge in [0.25, 0.3) is 0 Å². The van der Waals surface area contributed by atoms with Crippen molar-refractivity contribution in [3.63, 3.8) is 0 Å². The van der Waals surface area contributed by atoms with Gasteiger partial charge < -0.3 is 14.9 Å². The Morgan fingerprint density at radius 1 is 1.20 bits per heavy atom. The normalized spacial score (nSPS) is 17.8. The topological polar surface area (TPSA) is 26.7 Å². The number of aliphatic hydroxyl groups excluding tert-OH is 1. The molecule has 3 nitrogen and oxygen atoms in total. The largest absolute Gasteiger partial charge is 0.388 e. The number of halogens is 1. The molecule has 1 heterocycles. The first-order chi connectivity index (χ1) is 9.65. The van der Waals surface area contributed by atoms with Gasteiger partial charge in [-0.15, -0.1) is 0 Å². The molecule has 4 heteroatoms. The molecule has 0 saturated carbocycles. The summed E-state index contributed by atoms with van der Waals surface area (Å²) in [6, 6.07) is 7.46. The van der Waals surface area contributed by atoms with E-state index in [9.17, 15) is 5.11 Å². The van der Waals surface area contributed by atoms with Crippen molar-refractivity contribution in [3.05, 3.63) is 34.9 Å². The summed E-state index contributed by atoms with van der Waals surface area (Å²) in [5, 5.41) is 10.9. The fourth-order valence-corrected chi connectivity index (χ4v) is 2.75. The van der Waals surface area contributed by atoms with Crippen LogP contribution in [0.3, 0.4) is 0 Å². The van der Waals surface area contributed by atoms with Crippen molar-refractivity contribution in [2.45, 2.75) is 25.4 Å². The number of likely N-dealkylation sites (N-methyl/N-ethyl adjacent to an activating group) is 1. The number of rotatable bonds is 7. The number of aliphatic hydroxyl groups is 1. The van der Waals surface area contributed by atoms with E-state index < -0.39 is 6.10 Å². The predicted octanol–water partition coefficient (Wildman–Crippen LogP) is 2.79. The number of hydrogen-bond donors (Lipinski definition) is 1. The van der Waals surface area contributed by atoms with Gasteiger partial charge in [-0.3, -0.25) is 0 Å². The van der Waals surface area contributed by atoms with Crippen molar-refractivity contribution < 1.29 is 5.11 Å². The van der Waals surface area contributed by atoms with Crippen LogP contribution in [0.5, 0.6) is 0 Å². The van der Waals surface area contributed by atoms with E-state index in [0.29, 0.717) is 5.02 Å². The molecular weight excluding hydrogens is 272 g/mol. The van der Waals surface area contributed by atoms with E-state index in [0.717, 1.165) is 31.6 Å². The summed E-state index contributed by atoms with van der Waals surface area (Å²) in [5.74, 6) is 0. The molecule has 1 aliphatic heterocycles. The molecule has 1 fully saturated rings. The van der Waals surface area contributed by atoms with Crippen LogP contribution in [0.4, 0.5) is 0 Å². The van der Waals surface area contributed by atoms with Crippen LogP contribution < -0.4 is 0 Å². The lowest BCUT2D eigenvalue weighted by molar-refractivity contribution is 0.145. The first kappa shape index (κ1) is 15.8. The van der Waals surface area contributed by atoms with Crippen molar-refractivity contribution in [3.8, 4) is 0 Å². The molecule has 1 saturated heterocycles. The zero-order valence-corrected chi connectivity index (χ0v) is 13.0. The average molecular weight is 297 g/mol. The molecule has 1 aliphatic rings. The predicted molar refractivity (Wildman–Crippen MR) is 84.2 cm³/mol. The molecule has 0 spiro atoms. The molecule has 20 heavy (non-hydrogen) atoms. The first-order valence-corrected chi connectivity index (χ1v) is 7.87. The summed E-state index contributed by atoms with van der Waals surface area (Å²) in [4.78, 5) is 4.82. The van der Waals surface area contributed by atoms with Crippen molar-refractivity contribution >= 4 is 11.6 Å². The maximum Gasteiger partial charge on any atom is 0.0802 e. The van der Waals surface area contributed by atoms with Crippen molar-refractivity contribution in [2.24, 2.45) is 0 Å². The average Bonchev–Trinajstić information content (AvgIpc) is 2.96. The highest BCUT2D eigenvalue weighted by atomic mass is 35.5. The highest BCUT2D eigenvalue weighted by Crippen LogP contribution is 2.19. The van der Waals surface area contributed by atoms with Gasteiger partial charge in [0, 0.05) is 24.7 Å². The van der Waals surface area contributed by atoms with Crippen molar-refractivity contribution in [1.82, 2.24) is 9.80 Å². The van der Waals surface area contributed by atoms with E-state index in [-0.39, 0.29) is 0 Å². The van der Waals surface area contributed by atoms with Gasteiger partial charge in [0.15, 0.2) is 0 Å². The molecule has 1 atom stereocenters. The molecule has 1 aromatic rings. The smallest absolute Gasteiger partial charge is 0.0802 e. The third kappa shape index (κ3) is 5.06. The van der Waals surface area contributed by atoms with Crippen LogP contribution in [-0.2, 0) is 0 Å². The van der Waals surface area contributed by atoms with Gasteiger partial charge >= 0.3 is 0 Å². The van der Waals surface area contributed by atoms with E-state index >= 15 is 0 Å². The molecule has 112 valence electrons. The van der Waals surface area contributed by atoms with Crippen molar-refractivity contribution in [1.29, 1.82) is 0 Å². The molecule has 1 N–H and O–H groups in total. The highest BCUT2D eigenvalue weighted by Gasteiger charge is 2.13. The fourth-order valence-electron chi connectivity index (χ4n) is 2.62. The summed E-state index contributed by atoms with van der Waals surface area (Å²) in [6.45, 7) is 5.64. The Morgan fingerprint density at radius 2 is 1.85 bits per heavy atom. The summed E-state index contributed by atoms with van der Waals surface area (Å²) < 4.78 is 0. The Balaban J connectivity index is 1.66. The molecule has 0 bridgehead atoms. The zero-order chi connectivity index (χ0) is 14.4. The Hall–Kier alpha value is -0.610. The molecule has 0 amide bonds. The Kier molecular flexibility index (Phi) is 6.30. The number of nitrogens with zero attached hydrogens (tertiary/aromatic N) is 2. The minimum Gasteiger partial charge on any atom is -0.388 e. The Labute approximate surface area is 127 Å². The van der Waals surface area contributed by atoms with Gasteiger partial charge in [0.05, 0.1) is 6.10 Å². The van der Waals surface area contributed by atoms with Gasteiger partial charge in [-0.1, -0.05) is 23.7 Å². The van der Waals surface area contributed by atoms with Gasteiger partial charge in [-0.25, -0.2) is 0 Å². The maximum absolute atomic E-state index is 10.2. The van der Waals surface area contributed by atoms with Crippen LogP contribution in [0.1, 0.15) is 30.9 Å². The third-order valence-electron chi connectivity index (χ3n) is 4.04. The standard InChI is InChI=1S/C16H25ClN2O/c1-18(12-13-19-9-2-3-10-19)11-8-16(20)14-4-6-15(17)7-5-14/h4-7,16,20H,2-3,8-13H2,1H3. The lowest BCUT2D eigenvalue weighted by atomic mass is 10.1. The minimum atomic E-state index is -0.401. The number of hydrogen-bond acceptors (Lipinski definition) is 3. The van der Waals surface area contributed by atoms with Gasteiger partial charge in [0.1, 0.15) is 0 Å². The first-order valence-electron chi connectivity index (χ1n) is 7.49. The van der Waals surface area contributed by atoms with Gasteiger partial charge in [-0.2, -0.15) is 0 Å². The van der Waals surface area contributed by atoms with Crippen LogP contribution >= 0.6 is 11.6 Å². The Bertz CT molecular complexity index is 390. The molecule has 1 unspecified atom stereocenters. The molecular formula is C16H25ClN2O. The second kappa shape index (κ2) is 7.99. The molecule has 0 radical (unpaired) electrons. The summed E-state index contributed by atoms with van der Waals surface area (Å²) in [6.07, 6.45) is 3.05. The Morgan fingerprint density at radius 3 is 2.50 bits per heavy atom. The van der Waals surface area contributed by atoms with Gasteiger partial charge in [0.2, 0.25) is 0 Å². The zero-order valence-electron chi connectivity index (χ0n) is 12.3. The molecule has 1 aromatic carbocycles. The second-order valence-electron chi connectivity index (χ2n) is 5.71. The molecule has 2 rings (SSSR count). The molecule has 0 aromatic heterocycles. The van der Waals surface area contributed by atoms with E-state index in [2.05, 4.69) is 16.8 Å². The van der Waals surface area contributed by atoms with Crippen LogP contribution in [0.2, 0.25) is 5.02 Å².